The Bertz CT molecular complexity index is 444. The quantitative estimate of drug-likeness (QED) is 0.0775. The lowest BCUT2D eigenvalue weighted by Crippen LogP contribution is -2.26. The van der Waals surface area contributed by atoms with Gasteiger partial charge in [-0.15, -0.1) is 0 Å². The number of hydrogen-bond acceptors (Lipinski definition) is 2. The highest BCUT2D eigenvalue weighted by Gasteiger charge is 2.27. The first-order valence-corrected chi connectivity index (χ1v) is 16.7. The second kappa shape index (κ2) is 27.5. The first kappa shape index (κ1) is 35.5. The summed E-state index contributed by atoms with van der Waals surface area (Å²) in [5.41, 5.74) is 0. The van der Waals surface area contributed by atoms with Crippen molar-refractivity contribution >= 4 is 5.97 Å². The summed E-state index contributed by atoms with van der Waals surface area (Å²) in [6, 6.07) is 0. The van der Waals surface area contributed by atoms with Crippen LogP contribution in [-0.4, -0.2) is 12.6 Å². The highest BCUT2D eigenvalue weighted by Crippen LogP contribution is 2.28. The van der Waals surface area contributed by atoms with E-state index in [1.165, 1.54) is 122 Å². The molecule has 0 heterocycles. The van der Waals surface area contributed by atoms with Crippen molar-refractivity contribution in [3.05, 3.63) is 0 Å². The molecule has 2 nitrogen and oxygen atoms in total. The van der Waals surface area contributed by atoms with Crippen LogP contribution in [0.4, 0.5) is 0 Å². The number of carbonyl (C=O) groups is 1. The Balaban J connectivity index is 3.95. The molecular formula is C34H68O2. The average molecular weight is 509 g/mol. The molecule has 0 N–H and O–H groups in total. The van der Waals surface area contributed by atoms with E-state index in [1.54, 1.807) is 0 Å². The standard InChI is InChI=1S/C34H68O2/c1-6-9-10-11-12-20-23-26-30-36-34(35)33(32(8-3)27-7-2)29-25-22-19-17-15-13-14-16-18-21-24-28-31(4)5/h31-33H,6-30H2,1-5H3. The van der Waals surface area contributed by atoms with Crippen LogP contribution in [0.3, 0.4) is 0 Å². The van der Waals surface area contributed by atoms with Crippen molar-refractivity contribution in [2.45, 2.75) is 189 Å². The van der Waals surface area contributed by atoms with Crippen molar-refractivity contribution in [3.8, 4) is 0 Å². The van der Waals surface area contributed by atoms with E-state index < -0.39 is 0 Å². The maximum Gasteiger partial charge on any atom is 0.309 e. The van der Waals surface area contributed by atoms with Crippen molar-refractivity contribution in [3.63, 3.8) is 0 Å². The summed E-state index contributed by atoms with van der Waals surface area (Å²) in [6.07, 6.45) is 31.2. The molecule has 0 rings (SSSR count). The van der Waals surface area contributed by atoms with Gasteiger partial charge in [0.15, 0.2) is 0 Å². The number of carbonyl (C=O) groups excluding carboxylic acids is 1. The summed E-state index contributed by atoms with van der Waals surface area (Å²) < 4.78 is 5.81. The fourth-order valence-corrected chi connectivity index (χ4v) is 5.63. The molecular weight excluding hydrogens is 440 g/mol. The maximum atomic E-state index is 13.0. The van der Waals surface area contributed by atoms with Gasteiger partial charge in [0.1, 0.15) is 0 Å². The van der Waals surface area contributed by atoms with Crippen LogP contribution in [-0.2, 0) is 9.53 Å². The lowest BCUT2D eigenvalue weighted by atomic mass is 9.83. The number of unbranched alkanes of at least 4 members (excludes halogenated alkanes) is 17. The highest BCUT2D eigenvalue weighted by atomic mass is 16.5. The summed E-state index contributed by atoms with van der Waals surface area (Å²) in [4.78, 5) is 13.0. The summed E-state index contributed by atoms with van der Waals surface area (Å²) in [6.45, 7) is 12.1. The molecule has 0 aliphatic carbocycles. The largest absolute Gasteiger partial charge is 0.465 e. The van der Waals surface area contributed by atoms with E-state index in [1.807, 2.05) is 0 Å². The third-order valence-electron chi connectivity index (χ3n) is 8.09. The lowest BCUT2D eigenvalue weighted by molar-refractivity contribution is -0.151. The lowest BCUT2D eigenvalue weighted by Gasteiger charge is -2.24. The van der Waals surface area contributed by atoms with Crippen LogP contribution < -0.4 is 0 Å². The Morgan fingerprint density at radius 1 is 0.528 bits per heavy atom. The predicted octanol–water partition coefficient (Wildman–Crippen LogP) is 11.8. The van der Waals surface area contributed by atoms with Crippen molar-refractivity contribution in [2.75, 3.05) is 6.61 Å². The minimum absolute atomic E-state index is 0.103. The molecule has 0 saturated heterocycles. The van der Waals surface area contributed by atoms with Gasteiger partial charge in [-0.05, 0) is 31.1 Å². The number of rotatable bonds is 28. The van der Waals surface area contributed by atoms with E-state index in [0.717, 1.165) is 38.0 Å². The zero-order chi connectivity index (χ0) is 26.7. The fraction of sp³-hybridized carbons (Fsp3) is 0.971. The van der Waals surface area contributed by atoms with Crippen LogP contribution in [0.5, 0.6) is 0 Å². The zero-order valence-electron chi connectivity index (χ0n) is 25.7. The second-order valence-electron chi connectivity index (χ2n) is 12.1. The number of hydrogen-bond donors (Lipinski definition) is 0. The summed E-state index contributed by atoms with van der Waals surface area (Å²) in [7, 11) is 0. The van der Waals surface area contributed by atoms with Crippen molar-refractivity contribution in [1.29, 1.82) is 0 Å². The second-order valence-corrected chi connectivity index (χ2v) is 12.1. The molecule has 0 bridgehead atoms. The highest BCUT2D eigenvalue weighted by molar-refractivity contribution is 5.72. The first-order valence-electron chi connectivity index (χ1n) is 16.7. The van der Waals surface area contributed by atoms with Crippen LogP contribution in [0.1, 0.15) is 189 Å². The van der Waals surface area contributed by atoms with Crippen molar-refractivity contribution in [2.24, 2.45) is 17.8 Å². The summed E-state index contributed by atoms with van der Waals surface area (Å²) in [5.74, 6) is 1.60. The van der Waals surface area contributed by atoms with Crippen LogP contribution in [0.2, 0.25) is 0 Å². The third kappa shape index (κ3) is 22.7. The Morgan fingerprint density at radius 2 is 0.972 bits per heavy atom. The molecule has 2 heteroatoms. The third-order valence-corrected chi connectivity index (χ3v) is 8.09. The molecule has 0 aromatic carbocycles. The van der Waals surface area contributed by atoms with Gasteiger partial charge < -0.3 is 4.74 Å². The van der Waals surface area contributed by atoms with Crippen LogP contribution in [0, 0.1) is 17.8 Å². The topological polar surface area (TPSA) is 26.3 Å². The molecule has 0 fully saturated rings. The summed E-state index contributed by atoms with van der Waals surface area (Å²) in [5, 5.41) is 0. The van der Waals surface area contributed by atoms with E-state index in [-0.39, 0.29) is 11.9 Å². The van der Waals surface area contributed by atoms with Gasteiger partial charge in [0.25, 0.3) is 0 Å². The molecule has 0 saturated carbocycles. The smallest absolute Gasteiger partial charge is 0.309 e. The number of ether oxygens (including phenoxy) is 1. The Morgan fingerprint density at radius 3 is 1.42 bits per heavy atom. The molecule has 2 unspecified atom stereocenters. The first-order chi connectivity index (χ1) is 17.6. The molecule has 0 aliphatic heterocycles. The molecule has 216 valence electrons. The van der Waals surface area contributed by atoms with Gasteiger partial charge in [-0.25, -0.2) is 0 Å². The van der Waals surface area contributed by atoms with Gasteiger partial charge in [0.2, 0.25) is 0 Å². The molecule has 36 heavy (non-hydrogen) atoms. The normalized spacial score (nSPS) is 13.3. The van der Waals surface area contributed by atoms with E-state index >= 15 is 0 Å². The van der Waals surface area contributed by atoms with Crippen LogP contribution in [0.15, 0.2) is 0 Å². The fourth-order valence-electron chi connectivity index (χ4n) is 5.63. The van der Waals surface area contributed by atoms with Gasteiger partial charge in [0.05, 0.1) is 12.5 Å². The van der Waals surface area contributed by atoms with Gasteiger partial charge in [0, 0.05) is 0 Å². The van der Waals surface area contributed by atoms with Gasteiger partial charge in [-0.1, -0.05) is 169 Å². The molecule has 0 spiro atoms. The molecule has 0 aromatic heterocycles. The molecule has 0 aliphatic rings. The minimum atomic E-state index is 0.103. The predicted molar refractivity (Wildman–Crippen MR) is 161 cm³/mol. The average Bonchev–Trinajstić information content (AvgIpc) is 2.86. The van der Waals surface area contributed by atoms with Crippen molar-refractivity contribution in [1.82, 2.24) is 0 Å². The Hall–Kier alpha value is -0.530. The molecule has 0 amide bonds. The molecule has 2 atom stereocenters. The van der Waals surface area contributed by atoms with Gasteiger partial charge in [-0.3, -0.25) is 4.79 Å². The molecule has 0 aromatic rings. The maximum absolute atomic E-state index is 13.0. The van der Waals surface area contributed by atoms with Gasteiger partial charge >= 0.3 is 5.97 Å². The minimum Gasteiger partial charge on any atom is -0.465 e. The summed E-state index contributed by atoms with van der Waals surface area (Å²) >= 11 is 0. The van der Waals surface area contributed by atoms with E-state index in [4.69, 9.17) is 4.74 Å². The van der Waals surface area contributed by atoms with E-state index in [0.29, 0.717) is 12.5 Å². The Labute approximate surface area is 228 Å². The monoisotopic (exact) mass is 509 g/mol. The van der Waals surface area contributed by atoms with E-state index in [9.17, 15) is 4.79 Å². The SMILES string of the molecule is CCCCCCCCCCOC(=O)C(CCCCCCCCCCCCCC(C)C)C(CC)CCC. The van der Waals surface area contributed by atoms with Gasteiger partial charge in [-0.2, -0.15) is 0 Å². The van der Waals surface area contributed by atoms with Crippen LogP contribution in [0.25, 0.3) is 0 Å². The Kier molecular flexibility index (Phi) is 27.1. The number of esters is 1. The zero-order valence-corrected chi connectivity index (χ0v) is 25.7. The molecule has 0 radical (unpaired) electrons. The van der Waals surface area contributed by atoms with Crippen molar-refractivity contribution < 1.29 is 9.53 Å². The van der Waals surface area contributed by atoms with Crippen LogP contribution >= 0.6 is 0 Å². The van der Waals surface area contributed by atoms with E-state index in [2.05, 4.69) is 34.6 Å².